The topological polar surface area (TPSA) is 12.9 Å². The minimum atomic E-state index is 0.956. The Morgan fingerprint density at radius 1 is 0.643 bits per heavy atom. The second kappa shape index (κ2) is 12.0. The first-order chi connectivity index (χ1) is 13.8. The van der Waals surface area contributed by atoms with Gasteiger partial charge in [0.2, 0.25) is 0 Å². The Hall–Kier alpha value is -0.850. The maximum atomic E-state index is 4.69. The van der Waals surface area contributed by atoms with E-state index in [0.29, 0.717) is 0 Å². The van der Waals surface area contributed by atoms with Crippen LogP contribution in [0.3, 0.4) is 0 Å². The third-order valence-electron chi connectivity index (χ3n) is 7.85. The first kappa shape index (κ1) is 21.8. The van der Waals surface area contributed by atoms with Gasteiger partial charge in [0.15, 0.2) is 0 Å². The molecule has 3 rings (SSSR count). The van der Waals surface area contributed by atoms with Crippen LogP contribution >= 0.6 is 0 Å². The minimum Gasteiger partial charge on any atom is -0.261 e. The van der Waals surface area contributed by atoms with E-state index in [2.05, 4.69) is 32.2 Å². The van der Waals surface area contributed by atoms with Crippen molar-refractivity contribution in [1.82, 2.24) is 4.98 Å². The Kier molecular flexibility index (Phi) is 9.35. The normalized spacial score (nSPS) is 28.4. The Balaban J connectivity index is 1.27. The predicted octanol–water partition coefficient (Wildman–Crippen LogP) is 8.16. The van der Waals surface area contributed by atoms with E-state index in [1.165, 1.54) is 108 Å². The molecule has 0 bridgehead atoms. The molecule has 0 spiro atoms. The summed E-state index contributed by atoms with van der Waals surface area (Å²) >= 11 is 0. The number of rotatable bonds is 10. The van der Waals surface area contributed by atoms with Gasteiger partial charge in [-0.05, 0) is 54.6 Å². The molecule has 0 amide bonds. The number of nitrogens with zero attached hydrogens (tertiary/aromatic N) is 1. The van der Waals surface area contributed by atoms with E-state index in [4.69, 9.17) is 4.98 Å². The van der Waals surface area contributed by atoms with Gasteiger partial charge in [-0.2, -0.15) is 0 Å². The molecule has 1 heteroatoms. The van der Waals surface area contributed by atoms with Gasteiger partial charge in [0.1, 0.15) is 0 Å². The molecule has 0 saturated heterocycles. The van der Waals surface area contributed by atoms with Crippen LogP contribution in [0.4, 0.5) is 0 Å². The first-order valence-corrected chi connectivity index (χ1v) is 12.7. The molecule has 1 nitrogen and oxygen atoms in total. The smallest absolute Gasteiger partial charge is 0.0403 e. The highest BCUT2D eigenvalue weighted by atomic mass is 14.7. The summed E-state index contributed by atoms with van der Waals surface area (Å²) in [6.45, 7) is 4.59. The van der Waals surface area contributed by atoms with E-state index in [1.807, 2.05) is 0 Å². The molecular weight excluding hydrogens is 338 g/mol. The Morgan fingerprint density at radius 2 is 1.18 bits per heavy atom. The fourth-order valence-corrected chi connectivity index (χ4v) is 5.89. The third-order valence-corrected chi connectivity index (χ3v) is 7.85. The lowest BCUT2D eigenvalue weighted by Crippen LogP contribution is -2.18. The molecule has 28 heavy (non-hydrogen) atoms. The fourth-order valence-electron chi connectivity index (χ4n) is 5.89. The number of aromatic nitrogens is 1. The van der Waals surface area contributed by atoms with Gasteiger partial charge >= 0.3 is 0 Å². The van der Waals surface area contributed by atoms with Crippen LogP contribution in [0, 0.1) is 23.7 Å². The second-order valence-electron chi connectivity index (χ2n) is 10.1. The molecule has 2 saturated carbocycles. The van der Waals surface area contributed by atoms with Crippen molar-refractivity contribution >= 4 is 0 Å². The highest BCUT2D eigenvalue weighted by Gasteiger charge is 2.24. The third kappa shape index (κ3) is 7.20. The van der Waals surface area contributed by atoms with Crippen LogP contribution in [0.15, 0.2) is 18.3 Å². The molecule has 2 aliphatic carbocycles. The van der Waals surface area contributed by atoms with Crippen LogP contribution in [0.1, 0.15) is 115 Å². The molecule has 2 fully saturated rings. The standard InChI is InChI=1S/C27H45N/c1-3-5-22-7-9-23(10-8-22)11-12-24-13-15-25(16-14-24)17-19-27-20-18-26(6-4-2)21-28-27/h18,20-25H,3-17,19H2,1-2H3. The molecule has 0 aromatic carbocycles. The summed E-state index contributed by atoms with van der Waals surface area (Å²) in [4.78, 5) is 4.69. The predicted molar refractivity (Wildman–Crippen MR) is 122 cm³/mol. The maximum Gasteiger partial charge on any atom is 0.0403 e. The Bertz CT molecular complexity index is 518. The van der Waals surface area contributed by atoms with Gasteiger partial charge in [0, 0.05) is 11.9 Å². The summed E-state index contributed by atoms with van der Waals surface area (Å²) in [5.74, 6) is 4.12. The maximum absolute atomic E-state index is 4.69. The quantitative estimate of drug-likeness (QED) is 0.397. The van der Waals surface area contributed by atoms with Gasteiger partial charge in [-0.1, -0.05) is 103 Å². The van der Waals surface area contributed by atoms with Crippen molar-refractivity contribution in [2.75, 3.05) is 0 Å². The summed E-state index contributed by atoms with van der Waals surface area (Å²) < 4.78 is 0. The van der Waals surface area contributed by atoms with E-state index >= 15 is 0 Å². The van der Waals surface area contributed by atoms with Crippen molar-refractivity contribution in [3.8, 4) is 0 Å². The average Bonchev–Trinajstić information content (AvgIpc) is 2.74. The highest BCUT2D eigenvalue weighted by Crippen LogP contribution is 2.38. The van der Waals surface area contributed by atoms with Crippen molar-refractivity contribution in [3.63, 3.8) is 0 Å². The fraction of sp³-hybridized carbons (Fsp3) is 0.815. The zero-order valence-electron chi connectivity index (χ0n) is 18.8. The molecule has 1 heterocycles. The summed E-state index contributed by atoms with van der Waals surface area (Å²) in [6, 6.07) is 4.56. The molecule has 0 radical (unpaired) electrons. The monoisotopic (exact) mass is 383 g/mol. The Morgan fingerprint density at radius 3 is 1.64 bits per heavy atom. The highest BCUT2D eigenvalue weighted by molar-refractivity contribution is 5.14. The van der Waals surface area contributed by atoms with E-state index in [9.17, 15) is 0 Å². The molecule has 0 unspecified atom stereocenters. The molecule has 0 atom stereocenters. The van der Waals surface area contributed by atoms with E-state index in [0.717, 1.165) is 30.1 Å². The number of aryl methyl sites for hydroxylation is 2. The number of hydrogen-bond acceptors (Lipinski definition) is 1. The lowest BCUT2D eigenvalue weighted by molar-refractivity contribution is 0.209. The zero-order chi connectivity index (χ0) is 19.6. The van der Waals surface area contributed by atoms with Gasteiger partial charge in [0.05, 0.1) is 0 Å². The van der Waals surface area contributed by atoms with E-state index < -0.39 is 0 Å². The van der Waals surface area contributed by atoms with Crippen LogP contribution in [0.5, 0.6) is 0 Å². The van der Waals surface area contributed by atoms with E-state index in [-0.39, 0.29) is 0 Å². The van der Waals surface area contributed by atoms with Crippen LogP contribution < -0.4 is 0 Å². The van der Waals surface area contributed by atoms with Gasteiger partial charge in [0.25, 0.3) is 0 Å². The SMILES string of the molecule is CCCc1ccc(CCC2CCC(CCC3CCC(CCC)CC3)CC2)nc1. The molecule has 0 N–H and O–H groups in total. The zero-order valence-corrected chi connectivity index (χ0v) is 18.8. The molecule has 1 aromatic rings. The van der Waals surface area contributed by atoms with Crippen molar-refractivity contribution in [3.05, 3.63) is 29.6 Å². The van der Waals surface area contributed by atoms with Crippen LogP contribution in [-0.2, 0) is 12.8 Å². The Labute approximate surface area is 175 Å². The van der Waals surface area contributed by atoms with Gasteiger partial charge in [-0.15, -0.1) is 0 Å². The lowest BCUT2D eigenvalue weighted by Gasteiger charge is -2.32. The average molecular weight is 384 g/mol. The molecule has 2 aliphatic rings. The van der Waals surface area contributed by atoms with Gasteiger partial charge < -0.3 is 0 Å². The summed E-state index contributed by atoms with van der Waals surface area (Å²) in [7, 11) is 0. The van der Waals surface area contributed by atoms with Crippen molar-refractivity contribution in [2.45, 2.75) is 117 Å². The first-order valence-electron chi connectivity index (χ1n) is 12.7. The van der Waals surface area contributed by atoms with Crippen molar-refractivity contribution < 1.29 is 0 Å². The van der Waals surface area contributed by atoms with Crippen LogP contribution in [0.25, 0.3) is 0 Å². The number of hydrogen-bond donors (Lipinski definition) is 0. The van der Waals surface area contributed by atoms with Crippen molar-refractivity contribution in [2.24, 2.45) is 23.7 Å². The number of pyridine rings is 1. The largest absolute Gasteiger partial charge is 0.261 e. The van der Waals surface area contributed by atoms with Crippen LogP contribution in [0.2, 0.25) is 0 Å². The lowest BCUT2D eigenvalue weighted by atomic mass is 9.74. The van der Waals surface area contributed by atoms with Crippen LogP contribution in [-0.4, -0.2) is 4.98 Å². The van der Waals surface area contributed by atoms with Crippen molar-refractivity contribution in [1.29, 1.82) is 0 Å². The van der Waals surface area contributed by atoms with Gasteiger partial charge in [-0.3, -0.25) is 4.98 Å². The van der Waals surface area contributed by atoms with E-state index in [1.54, 1.807) is 0 Å². The summed E-state index contributed by atoms with van der Waals surface area (Å²) in [5.41, 5.74) is 2.70. The molecule has 1 aromatic heterocycles. The molecule has 158 valence electrons. The van der Waals surface area contributed by atoms with Gasteiger partial charge in [-0.25, -0.2) is 0 Å². The summed E-state index contributed by atoms with van der Waals surface area (Å²) in [5, 5.41) is 0. The summed E-state index contributed by atoms with van der Waals surface area (Å²) in [6.07, 6.45) is 25.0. The molecule has 0 aliphatic heterocycles. The minimum absolute atomic E-state index is 0.956. The molecular formula is C27H45N. The second-order valence-corrected chi connectivity index (χ2v) is 10.1.